The summed E-state index contributed by atoms with van der Waals surface area (Å²) in [6, 6.07) is 3.84. The minimum absolute atomic E-state index is 0.650. The zero-order valence-corrected chi connectivity index (χ0v) is 10.1. The highest BCUT2D eigenvalue weighted by Gasteiger charge is 2.15. The lowest BCUT2D eigenvalue weighted by molar-refractivity contribution is 0.663. The number of anilines is 1. The van der Waals surface area contributed by atoms with Crippen LogP contribution in [0.15, 0.2) is 24.7 Å². The number of fused-ring (bicyclic) bond motifs is 1. The maximum Gasteiger partial charge on any atom is 0.133 e. The Bertz CT molecular complexity index is 526. The van der Waals surface area contributed by atoms with Crippen molar-refractivity contribution in [1.29, 1.82) is 0 Å². The fraction of sp³-hybridized carbons (Fsp3) is 0.385. The van der Waals surface area contributed by atoms with Crippen LogP contribution < -0.4 is 5.32 Å². The molecule has 1 N–H and O–H groups in total. The quantitative estimate of drug-likeness (QED) is 0.887. The second-order valence-electron chi connectivity index (χ2n) is 4.42. The lowest BCUT2D eigenvalue weighted by atomic mass is 9.96. The molecule has 5 nitrogen and oxygen atoms in total. The molecule has 0 aromatic carbocycles. The largest absolute Gasteiger partial charge is 0.364 e. The van der Waals surface area contributed by atoms with Gasteiger partial charge in [-0.2, -0.15) is 10.2 Å². The van der Waals surface area contributed by atoms with Gasteiger partial charge in [-0.05, 0) is 37.8 Å². The predicted octanol–water partition coefficient (Wildman–Crippen LogP) is 1.76. The van der Waals surface area contributed by atoms with Crippen LogP contribution in [0.25, 0.3) is 0 Å². The fourth-order valence-corrected chi connectivity index (χ4v) is 2.28. The maximum absolute atomic E-state index is 4.36. The highest BCUT2D eigenvalue weighted by Crippen LogP contribution is 2.24. The molecule has 2 aromatic heterocycles. The van der Waals surface area contributed by atoms with Gasteiger partial charge < -0.3 is 5.32 Å². The third kappa shape index (κ3) is 2.30. The van der Waals surface area contributed by atoms with E-state index in [0.29, 0.717) is 6.54 Å². The van der Waals surface area contributed by atoms with Crippen LogP contribution in [0.3, 0.4) is 0 Å². The second-order valence-corrected chi connectivity index (χ2v) is 4.42. The number of aromatic nitrogens is 4. The molecule has 1 aliphatic rings. The summed E-state index contributed by atoms with van der Waals surface area (Å²) >= 11 is 0. The van der Waals surface area contributed by atoms with Gasteiger partial charge in [-0.3, -0.25) is 0 Å². The van der Waals surface area contributed by atoms with Crippen LogP contribution >= 0.6 is 0 Å². The molecular weight excluding hydrogens is 226 g/mol. The normalized spacial score (nSPS) is 14.0. The molecule has 0 fully saturated rings. The summed E-state index contributed by atoms with van der Waals surface area (Å²) in [5.74, 6) is 0.949. The van der Waals surface area contributed by atoms with Crippen molar-refractivity contribution in [3.05, 3.63) is 41.6 Å². The van der Waals surface area contributed by atoms with Gasteiger partial charge in [-0.25, -0.2) is 9.97 Å². The molecule has 2 heterocycles. The van der Waals surface area contributed by atoms with Crippen molar-refractivity contribution >= 4 is 5.82 Å². The van der Waals surface area contributed by atoms with Crippen LogP contribution in [0.5, 0.6) is 0 Å². The van der Waals surface area contributed by atoms with E-state index in [2.05, 4.69) is 25.5 Å². The van der Waals surface area contributed by atoms with E-state index in [1.165, 1.54) is 24.1 Å². The number of hydrogen-bond donors (Lipinski definition) is 1. The van der Waals surface area contributed by atoms with E-state index in [1.807, 2.05) is 12.1 Å². The summed E-state index contributed by atoms with van der Waals surface area (Å²) in [4.78, 5) is 8.69. The van der Waals surface area contributed by atoms with E-state index in [0.717, 1.165) is 24.4 Å². The summed E-state index contributed by atoms with van der Waals surface area (Å²) in [6.45, 7) is 0.650. The second kappa shape index (κ2) is 5.08. The summed E-state index contributed by atoms with van der Waals surface area (Å²) in [6.07, 6.45) is 7.91. The molecule has 0 saturated heterocycles. The maximum atomic E-state index is 4.36. The standard InChI is InChI=1S/C13H15N5/c1-2-6-12-11(5-1)13(16-9-15-12)14-8-10-4-3-7-17-18-10/h3-4,7,9H,1-2,5-6,8H2,(H,14,15,16). The third-order valence-electron chi connectivity index (χ3n) is 3.19. The molecule has 5 heteroatoms. The highest BCUT2D eigenvalue weighted by molar-refractivity contribution is 5.47. The molecule has 0 bridgehead atoms. The Hall–Kier alpha value is -2.04. The molecular formula is C13H15N5. The first-order chi connectivity index (χ1) is 8.93. The molecule has 18 heavy (non-hydrogen) atoms. The average molecular weight is 241 g/mol. The van der Waals surface area contributed by atoms with Crippen molar-refractivity contribution in [2.45, 2.75) is 32.2 Å². The number of hydrogen-bond acceptors (Lipinski definition) is 5. The minimum Gasteiger partial charge on any atom is -0.364 e. The van der Waals surface area contributed by atoms with Crippen LogP contribution in [0.4, 0.5) is 5.82 Å². The molecule has 0 aliphatic heterocycles. The van der Waals surface area contributed by atoms with Gasteiger partial charge in [-0.1, -0.05) is 0 Å². The van der Waals surface area contributed by atoms with E-state index in [9.17, 15) is 0 Å². The van der Waals surface area contributed by atoms with Crippen LogP contribution in [0.2, 0.25) is 0 Å². The molecule has 1 aliphatic carbocycles. The SMILES string of the molecule is c1cnnc(CNc2ncnc3c2CCCC3)c1. The first-order valence-corrected chi connectivity index (χ1v) is 6.26. The topological polar surface area (TPSA) is 63.6 Å². The van der Waals surface area contributed by atoms with Crippen molar-refractivity contribution in [3.8, 4) is 0 Å². The molecule has 0 saturated carbocycles. The highest BCUT2D eigenvalue weighted by atomic mass is 15.1. The molecule has 0 unspecified atom stereocenters. The summed E-state index contributed by atoms with van der Waals surface area (Å²) < 4.78 is 0. The van der Waals surface area contributed by atoms with Crippen LogP contribution in [-0.2, 0) is 19.4 Å². The smallest absolute Gasteiger partial charge is 0.133 e. The van der Waals surface area contributed by atoms with Crippen LogP contribution in [-0.4, -0.2) is 20.2 Å². The number of nitrogens with one attached hydrogen (secondary N) is 1. The number of aryl methyl sites for hydroxylation is 1. The lowest BCUT2D eigenvalue weighted by Crippen LogP contribution is -2.12. The Balaban J connectivity index is 1.77. The molecule has 0 atom stereocenters. The zero-order valence-electron chi connectivity index (χ0n) is 10.1. The Labute approximate surface area is 106 Å². The zero-order chi connectivity index (χ0) is 12.2. The van der Waals surface area contributed by atoms with Gasteiger partial charge in [0.05, 0.1) is 12.2 Å². The van der Waals surface area contributed by atoms with Gasteiger partial charge >= 0.3 is 0 Å². The van der Waals surface area contributed by atoms with Gasteiger partial charge in [0.1, 0.15) is 12.1 Å². The summed E-state index contributed by atoms with van der Waals surface area (Å²) in [5.41, 5.74) is 3.38. The van der Waals surface area contributed by atoms with Crippen molar-refractivity contribution < 1.29 is 0 Å². The molecule has 92 valence electrons. The van der Waals surface area contributed by atoms with Crippen molar-refractivity contribution in [2.75, 3.05) is 5.32 Å². The fourth-order valence-electron chi connectivity index (χ4n) is 2.28. The Morgan fingerprint density at radius 2 is 2.11 bits per heavy atom. The summed E-state index contributed by atoms with van der Waals surface area (Å²) in [5, 5.41) is 11.2. The van der Waals surface area contributed by atoms with Gasteiger partial charge in [0, 0.05) is 17.5 Å². The minimum atomic E-state index is 0.650. The predicted molar refractivity (Wildman–Crippen MR) is 68.0 cm³/mol. The van der Waals surface area contributed by atoms with Gasteiger partial charge in [0.15, 0.2) is 0 Å². The van der Waals surface area contributed by atoms with Crippen molar-refractivity contribution in [2.24, 2.45) is 0 Å². The van der Waals surface area contributed by atoms with Crippen LogP contribution in [0.1, 0.15) is 29.8 Å². The lowest BCUT2D eigenvalue weighted by Gasteiger charge is -2.17. The molecule has 0 amide bonds. The first kappa shape index (κ1) is 11.1. The van der Waals surface area contributed by atoms with Crippen molar-refractivity contribution in [3.63, 3.8) is 0 Å². The Morgan fingerprint density at radius 3 is 3.00 bits per heavy atom. The Morgan fingerprint density at radius 1 is 1.17 bits per heavy atom. The molecule has 3 rings (SSSR count). The third-order valence-corrected chi connectivity index (χ3v) is 3.19. The van der Waals surface area contributed by atoms with E-state index in [4.69, 9.17) is 0 Å². The summed E-state index contributed by atoms with van der Waals surface area (Å²) in [7, 11) is 0. The van der Waals surface area contributed by atoms with Gasteiger partial charge in [-0.15, -0.1) is 0 Å². The van der Waals surface area contributed by atoms with Crippen molar-refractivity contribution in [1.82, 2.24) is 20.2 Å². The molecule has 0 radical (unpaired) electrons. The van der Waals surface area contributed by atoms with Gasteiger partial charge in [0.2, 0.25) is 0 Å². The average Bonchev–Trinajstić information content (AvgIpc) is 2.46. The number of nitrogens with zero attached hydrogens (tertiary/aromatic N) is 4. The Kier molecular flexibility index (Phi) is 3.12. The monoisotopic (exact) mass is 241 g/mol. The molecule has 0 spiro atoms. The van der Waals surface area contributed by atoms with E-state index >= 15 is 0 Å². The van der Waals surface area contributed by atoms with Gasteiger partial charge in [0.25, 0.3) is 0 Å². The van der Waals surface area contributed by atoms with E-state index < -0.39 is 0 Å². The van der Waals surface area contributed by atoms with Crippen LogP contribution in [0, 0.1) is 0 Å². The first-order valence-electron chi connectivity index (χ1n) is 6.26. The number of rotatable bonds is 3. The van der Waals surface area contributed by atoms with E-state index in [1.54, 1.807) is 12.5 Å². The van der Waals surface area contributed by atoms with E-state index in [-0.39, 0.29) is 0 Å². The molecule has 2 aromatic rings.